The highest BCUT2D eigenvalue weighted by Crippen LogP contribution is 2.38. The molecule has 1 heterocycles. The van der Waals surface area contributed by atoms with Gasteiger partial charge in [-0.25, -0.2) is 17.6 Å². The second-order valence-electron chi connectivity index (χ2n) is 4.54. The van der Waals surface area contributed by atoms with E-state index in [2.05, 4.69) is 5.10 Å². The van der Waals surface area contributed by atoms with Crippen LogP contribution in [0.5, 0.6) is 0 Å². The number of nitrogens with zero attached hydrogens (tertiary/aromatic N) is 2. The summed E-state index contributed by atoms with van der Waals surface area (Å²) >= 11 is 0. The van der Waals surface area contributed by atoms with E-state index in [-0.39, 0.29) is 5.56 Å². The van der Waals surface area contributed by atoms with Crippen LogP contribution in [0.2, 0.25) is 0 Å². The molecule has 130 valence electrons. The number of amides is 1. The molecule has 0 spiro atoms. The van der Waals surface area contributed by atoms with Crippen LogP contribution < -0.4 is 5.32 Å². The highest BCUT2D eigenvalue weighted by atomic mass is 19.4. The van der Waals surface area contributed by atoms with Gasteiger partial charge in [0.1, 0.15) is 11.3 Å². The number of halogens is 7. The minimum Gasteiger partial charge on any atom is -0.317 e. The number of hydrogen-bond acceptors (Lipinski definition) is 2. The van der Waals surface area contributed by atoms with Crippen molar-refractivity contribution in [3.05, 3.63) is 46.8 Å². The van der Waals surface area contributed by atoms with E-state index >= 15 is 0 Å². The van der Waals surface area contributed by atoms with E-state index in [1.54, 1.807) is 6.92 Å². The van der Waals surface area contributed by atoms with Crippen molar-refractivity contribution >= 4 is 11.6 Å². The molecule has 1 amide bonds. The molecule has 0 radical (unpaired) electrons. The molecule has 1 N–H and O–H groups in total. The summed E-state index contributed by atoms with van der Waals surface area (Å²) in [5.41, 5.74) is -4.59. The van der Waals surface area contributed by atoms with Crippen LogP contribution in [0.4, 0.5) is 36.4 Å². The summed E-state index contributed by atoms with van der Waals surface area (Å²) in [5.74, 6) is -11.2. The Labute approximate surface area is 129 Å². The predicted molar refractivity (Wildman–Crippen MR) is 67.1 cm³/mol. The van der Waals surface area contributed by atoms with E-state index in [9.17, 15) is 35.5 Å². The van der Waals surface area contributed by atoms with Crippen LogP contribution in [0.1, 0.15) is 22.8 Å². The van der Waals surface area contributed by atoms with E-state index in [0.717, 1.165) is 6.20 Å². The van der Waals surface area contributed by atoms with Crippen LogP contribution in [-0.4, -0.2) is 15.7 Å². The number of carbonyl (C=O) groups is 1. The third-order valence-corrected chi connectivity index (χ3v) is 3.00. The third-order valence-electron chi connectivity index (χ3n) is 3.00. The first-order valence-electron chi connectivity index (χ1n) is 6.34. The number of carbonyl (C=O) groups excluding carboxylic acids is 1. The normalized spacial score (nSPS) is 11.7. The number of hydrogen-bond donors (Lipinski definition) is 1. The molecule has 0 aliphatic heterocycles. The minimum absolute atomic E-state index is 0.212. The van der Waals surface area contributed by atoms with Gasteiger partial charge in [-0.05, 0) is 6.92 Å². The second kappa shape index (κ2) is 6.13. The van der Waals surface area contributed by atoms with E-state index in [0.29, 0.717) is 6.54 Å². The second-order valence-corrected chi connectivity index (χ2v) is 4.54. The third kappa shape index (κ3) is 3.05. The number of nitrogens with one attached hydrogen (secondary N) is 1. The van der Waals surface area contributed by atoms with Crippen molar-refractivity contribution in [1.82, 2.24) is 9.78 Å². The van der Waals surface area contributed by atoms with Gasteiger partial charge in [-0.1, -0.05) is 0 Å². The highest BCUT2D eigenvalue weighted by molar-refractivity contribution is 6.04. The maximum atomic E-state index is 13.7. The molecule has 0 atom stereocenters. The Morgan fingerprint density at radius 2 is 1.67 bits per heavy atom. The Morgan fingerprint density at radius 1 is 1.12 bits per heavy atom. The molecule has 0 bridgehead atoms. The molecule has 0 saturated heterocycles. The van der Waals surface area contributed by atoms with Crippen molar-refractivity contribution in [2.75, 3.05) is 5.32 Å². The van der Waals surface area contributed by atoms with Crippen LogP contribution in [0.3, 0.4) is 0 Å². The fourth-order valence-electron chi connectivity index (χ4n) is 1.83. The maximum absolute atomic E-state index is 13.7. The number of alkyl halides is 3. The monoisotopic (exact) mass is 355 g/mol. The summed E-state index contributed by atoms with van der Waals surface area (Å²) < 4.78 is 92.9. The molecule has 24 heavy (non-hydrogen) atoms. The average Bonchev–Trinajstić information content (AvgIpc) is 2.97. The van der Waals surface area contributed by atoms with Gasteiger partial charge in [0, 0.05) is 12.7 Å². The molecule has 0 unspecified atom stereocenters. The van der Waals surface area contributed by atoms with Crippen LogP contribution in [0.15, 0.2) is 12.4 Å². The number of rotatable bonds is 3. The van der Waals surface area contributed by atoms with Crippen molar-refractivity contribution in [3.8, 4) is 0 Å². The fraction of sp³-hybridized carbons (Fsp3) is 0.231. The molecule has 11 heteroatoms. The van der Waals surface area contributed by atoms with Crippen LogP contribution >= 0.6 is 0 Å². The molecule has 2 aromatic rings. The first-order valence-corrected chi connectivity index (χ1v) is 6.34. The molecule has 1 aromatic heterocycles. The van der Waals surface area contributed by atoms with Gasteiger partial charge in [-0.3, -0.25) is 9.48 Å². The van der Waals surface area contributed by atoms with Crippen molar-refractivity contribution < 1.29 is 35.5 Å². The molecular formula is C13H8F7N3O. The van der Waals surface area contributed by atoms with Gasteiger partial charge in [0.2, 0.25) is 0 Å². The van der Waals surface area contributed by atoms with Gasteiger partial charge >= 0.3 is 6.18 Å². The predicted octanol–water partition coefficient (Wildman–Crippen LogP) is 3.73. The summed E-state index contributed by atoms with van der Waals surface area (Å²) in [6, 6.07) is 0. The molecule has 0 aliphatic carbocycles. The molecular weight excluding hydrogens is 347 g/mol. The van der Waals surface area contributed by atoms with E-state index in [1.807, 2.05) is 0 Å². The van der Waals surface area contributed by atoms with Gasteiger partial charge < -0.3 is 5.32 Å². The summed E-state index contributed by atoms with van der Waals surface area (Å²) in [5, 5.41) is 5.20. The Kier molecular flexibility index (Phi) is 4.54. The lowest BCUT2D eigenvalue weighted by Crippen LogP contribution is -2.20. The first kappa shape index (κ1) is 17.8. The van der Waals surface area contributed by atoms with Crippen LogP contribution in [0, 0.1) is 23.3 Å². The zero-order valence-electron chi connectivity index (χ0n) is 11.8. The quantitative estimate of drug-likeness (QED) is 0.674. The van der Waals surface area contributed by atoms with E-state index < -0.39 is 46.6 Å². The van der Waals surface area contributed by atoms with Crippen LogP contribution in [-0.2, 0) is 12.7 Å². The van der Waals surface area contributed by atoms with Gasteiger partial charge in [-0.2, -0.15) is 18.3 Å². The topological polar surface area (TPSA) is 46.9 Å². The average molecular weight is 355 g/mol. The van der Waals surface area contributed by atoms with Crippen LogP contribution in [0.25, 0.3) is 0 Å². The molecule has 4 nitrogen and oxygen atoms in total. The number of aryl methyl sites for hydroxylation is 1. The summed E-state index contributed by atoms with van der Waals surface area (Å²) in [4.78, 5) is 11.8. The Morgan fingerprint density at radius 3 is 2.08 bits per heavy atom. The zero-order chi connectivity index (χ0) is 18.2. The Balaban J connectivity index is 2.46. The number of anilines is 1. The molecule has 1 aromatic carbocycles. The van der Waals surface area contributed by atoms with E-state index in [1.165, 1.54) is 16.2 Å². The Hall–Kier alpha value is -2.59. The molecule has 0 fully saturated rings. The smallest absolute Gasteiger partial charge is 0.317 e. The lowest BCUT2D eigenvalue weighted by molar-refractivity contribution is -0.143. The minimum atomic E-state index is -5.65. The van der Waals surface area contributed by atoms with Gasteiger partial charge in [0.25, 0.3) is 5.91 Å². The summed E-state index contributed by atoms with van der Waals surface area (Å²) in [6.45, 7) is 2.04. The standard InChI is InChI=1S/C13H8F7N3O/c1-2-23-4-5(3-21-23)12(24)22-11-9(16)7(14)6(13(18,19)20)8(15)10(11)17/h3-4H,2H2,1H3,(H,22,24). The van der Waals surface area contributed by atoms with E-state index in [4.69, 9.17) is 0 Å². The largest absolute Gasteiger partial charge is 0.422 e. The lowest BCUT2D eigenvalue weighted by atomic mass is 10.1. The number of benzene rings is 1. The van der Waals surface area contributed by atoms with Gasteiger partial charge in [0.15, 0.2) is 23.3 Å². The Bertz CT molecular complexity index is 769. The molecule has 2 rings (SSSR count). The zero-order valence-corrected chi connectivity index (χ0v) is 11.8. The van der Waals surface area contributed by atoms with Crippen molar-refractivity contribution in [2.24, 2.45) is 0 Å². The lowest BCUT2D eigenvalue weighted by Gasteiger charge is -2.14. The number of aromatic nitrogens is 2. The van der Waals surface area contributed by atoms with Crippen molar-refractivity contribution in [3.63, 3.8) is 0 Å². The van der Waals surface area contributed by atoms with Crippen molar-refractivity contribution in [1.29, 1.82) is 0 Å². The first-order chi connectivity index (χ1) is 11.1. The van der Waals surface area contributed by atoms with Gasteiger partial charge in [0.05, 0.1) is 11.8 Å². The maximum Gasteiger partial charge on any atom is 0.422 e. The van der Waals surface area contributed by atoms with Gasteiger partial charge in [-0.15, -0.1) is 0 Å². The highest BCUT2D eigenvalue weighted by Gasteiger charge is 2.42. The molecule has 0 aliphatic rings. The molecule has 0 saturated carbocycles. The summed E-state index contributed by atoms with van der Waals surface area (Å²) in [6.07, 6.45) is -3.48. The fourth-order valence-corrected chi connectivity index (χ4v) is 1.83. The van der Waals surface area contributed by atoms with Crippen molar-refractivity contribution in [2.45, 2.75) is 19.6 Å². The summed E-state index contributed by atoms with van der Waals surface area (Å²) in [7, 11) is 0. The SMILES string of the molecule is CCn1cc(C(=O)Nc2c(F)c(F)c(C(F)(F)F)c(F)c2F)cn1.